The van der Waals surface area contributed by atoms with Crippen molar-refractivity contribution in [1.29, 1.82) is 0 Å². The molecule has 0 spiro atoms. The van der Waals surface area contributed by atoms with Gasteiger partial charge in [0.2, 0.25) is 5.91 Å². The second-order valence-electron chi connectivity index (χ2n) is 6.41. The summed E-state index contributed by atoms with van der Waals surface area (Å²) >= 11 is 0. The Bertz CT molecular complexity index is 508. The average molecular weight is 305 g/mol. The fourth-order valence-corrected chi connectivity index (χ4v) is 2.26. The SMILES string of the molecule is CC(C)c1ccc(C(C)CC(=O)NC(C)C(C)C(=O)O)cc1. The molecular formula is C18H27NO3. The number of benzene rings is 1. The molecule has 3 atom stereocenters. The molecule has 0 radical (unpaired) electrons. The van der Waals surface area contributed by atoms with Crippen LogP contribution < -0.4 is 5.32 Å². The predicted molar refractivity (Wildman–Crippen MR) is 88.0 cm³/mol. The summed E-state index contributed by atoms with van der Waals surface area (Å²) in [6.07, 6.45) is 0.359. The molecule has 0 aliphatic carbocycles. The van der Waals surface area contributed by atoms with Gasteiger partial charge in [0.15, 0.2) is 0 Å². The topological polar surface area (TPSA) is 66.4 Å². The van der Waals surface area contributed by atoms with Crippen molar-refractivity contribution in [1.82, 2.24) is 5.32 Å². The molecule has 1 aromatic carbocycles. The van der Waals surface area contributed by atoms with E-state index in [0.29, 0.717) is 12.3 Å². The molecular weight excluding hydrogens is 278 g/mol. The minimum absolute atomic E-state index is 0.105. The molecule has 0 heterocycles. The molecule has 4 nitrogen and oxygen atoms in total. The van der Waals surface area contributed by atoms with E-state index in [4.69, 9.17) is 5.11 Å². The van der Waals surface area contributed by atoms with Crippen LogP contribution in [0.25, 0.3) is 0 Å². The van der Waals surface area contributed by atoms with Gasteiger partial charge in [0.1, 0.15) is 0 Å². The summed E-state index contributed by atoms with van der Waals surface area (Å²) < 4.78 is 0. The first kappa shape index (κ1) is 18.2. The number of carbonyl (C=O) groups excluding carboxylic acids is 1. The lowest BCUT2D eigenvalue weighted by molar-refractivity contribution is -0.142. The van der Waals surface area contributed by atoms with Crippen LogP contribution in [0.5, 0.6) is 0 Å². The van der Waals surface area contributed by atoms with Crippen molar-refractivity contribution in [2.45, 2.75) is 58.9 Å². The van der Waals surface area contributed by atoms with Crippen LogP contribution in [0.1, 0.15) is 64.0 Å². The van der Waals surface area contributed by atoms with Gasteiger partial charge in [-0.15, -0.1) is 0 Å². The smallest absolute Gasteiger partial charge is 0.308 e. The lowest BCUT2D eigenvalue weighted by Gasteiger charge is -2.19. The number of aliphatic carboxylic acids is 1. The Balaban J connectivity index is 2.58. The molecule has 22 heavy (non-hydrogen) atoms. The maximum absolute atomic E-state index is 12.0. The number of carbonyl (C=O) groups is 2. The molecule has 0 bridgehead atoms. The Kier molecular flexibility index (Phi) is 6.60. The number of hydrogen-bond donors (Lipinski definition) is 2. The summed E-state index contributed by atoms with van der Waals surface area (Å²) in [5.41, 5.74) is 2.41. The van der Waals surface area contributed by atoms with E-state index >= 15 is 0 Å². The zero-order valence-electron chi connectivity index (χ0n) is 14.1. The van der Waals surface area contributed by atoms with E-state index in [1.807, 2.05) is 6.92 Å². The molecule has 0 saturated carbocycles. The number of nitrogens with one attached hydrogen (secondary N) is 1. The van der Waals surface area contributed by atoms with Crippen LogP contribution in [0.15, 0.2) is 24.3 Å². The highest BCUT2D eigenvalue weighted by molar-refractivity contribution is 5.78. The summed E-state index contributed by atoms with van der Waals surface area (Å²) in [6.45, 7) is 9.63. The molecule has 1 amide bonds. The highest BCUT2D eigenvalue weighted by Gasteiger charge is 2.21. The van der Waals surface area contributed by atoms with E-state index in [9.17, 15) is 9.59 Å². The van der Waals surface area contributed by atoms with Gasteiger partial charge in [0.25, 0.3) is 0 Å². The van der Waals surface area contributed by atoms with Crippen LogP contribution in [0, 0.1) is 5.92 Å². The largest absolute Gasteiger partial charge is 0.481 e. The Morgan fingerprint density at radius 1 is 1.00 bits per heavy atom. The zero-order chi connectivity index (χ0) is 16.9. The fourth-order valence-electron chi connectivity index (χ4n) is 2.26. The summed E-state index contributed by atoms with van der Waals surface area (Å²) in [7, 11) is 0. The monoisotopic (exact) mass is 305 g/mol. The van der Waals surface area contributed by atoms with Crippen LogP contribution in [0.3, 0.4) is 0 Å². The summed E-state index contributed by atoms with van der Waals surface area (Å²) in [5, 5.41) is 11.7. The third-order valence-corrected chi connectivity index (χ3v) is 4.19. The number of carboxylic acid groups (broad SMARTS) is 1. The Morgan fingerprint density at radius 3 is 1.95 bits per heavy atom. The molecule has 0 saturated heterocycles. The van der Waals surface area contributed by atoms with Gasteiger partial charge in [0.05, 0.1) is 5.92 Å². The normalized spacial score (nSPS) is 15.2. The number of amides is 1. The second kappa shape index (κ2) is 7.97. The molecule has 1 aromatic rings. The van der Waals surface area contributed by atoms with E-state index in [1.165, 1.54) is 5.56 Å². The first-order valence-electron chi connectivity index (χ1n) is 7.84. The third-order valence-electron chi connectivity index (χ3n) is 4.19. The van der Waals surface area contributed by atoms with Gasteiger partial charge in [-0.3, -0.25) is 9.59 Å². The molecule has 3 unspecified atom stereocenters. The molecule has 122 valence electrons. The molecule has 1 rings (SSSR count). The molecule has 0 aromatic heterocycles. The van der Waals surface area contributed by atoms with Crippen LogP contribution in [0.4, 0.5) is 0 Å². The van der Waals surface area contributed by atoms with Gasteiger partial charge in [-0.2, -0.15) is 0 Å². The Labute approximate surface area is 132 Å². The van der Waals surface area contributed by atoms with E-state index in [2.05, 4.69) is 43.4 Å². The number of rotatable bonds is 7. The molecule has 2 N–H and O–H groups in total. The van der Waals surface area contributed by atoms with Gasteiger partial charge in [-0.25, -0.2) is 0 Å². The summed E-state index contributed by atoms with van der Waals surface area (Å²) in [4.78, 5) is 22.9. The van der Waals surface area contributed by atoms with Crippen LogP contribution in [0.2, 0.25) is 0 Å². The zero-order valence-corrected chi connectivity index (χ0v) is 14.1. The standard InChI is InChI=1S/C18H27NO3/c1-11(2)15-6-8-16(9-7-15)12(3)10-17(20)19-14(5)13(4)18(21)22/h6-9,11-14H,10H2,1-5H3,(H,19,20)(H,21,22). The molecule has 0 fully saturated rings. The van der Waals surface area contributed by atoms with E-state index in [1.54, 1.807) is 13.8 Å². The van der Waals surface area contributed by atoms with Crippen LogP contribution in [-0.2, 0) is 9.59 Å². The van der Waals surface area contributed by atoms with Crippen molar-refractivity contribution in [3.63, 3.8) is 0 Å². The van der Waals surface area contributed by atoms with Crippen molar-refractivity contribution in [2.75, 3.05) is 0 Å². The van der Waals surface area contributed by atoms with Crippen molar-refractivity contribution in [2.24, 2.45) is 5.92 Å². The summed E-state index contributed by atoms with van der Waals surface area (Å²) in [5.74, 6) is -1.00. The lowest BCUT2D eigenvalue weighted by Crippen LogP contribution is -2.40. The van der Waals surface area contributed by atoms with Gasteiger partial charge >= 0.3 is 5.97 Å². The van der Waals surface area contributed by atoms with Crippen LogP contribution in [-0.4, -0.2) is 23.0 Å². The van der Waals surface area contributed by atoms with Crippen molar-refractivity contribution in [3.05, 3.63) is 35.4 Å². The minimum Gasteiger partial charge on any atom is -0.481 e. The number of hydrogen-bond acceptors (Lipinski definition) is 2. The second-order valence-corrected chi connectivity index (χ2v) is 6.41. The lowest BCUT2D eigenvalue weighted by atomic mass is 9.94. The molecule has 4 heteroatoms. The third kappa shape index (κ3) is 5.17. The first-order valence-corrected chi connectivity index (χ1v) is 7.84. The average Bonchev–Trinajstić information content (AvgIpc) is 2.45. The molecule has 0 aliphatic rings. The van der Waals surface area contributed by atoms with E-state index in [0.717, 1.165) is 5.56 Å². The minimum atomic E-state index is -0.898. The first-order chi connectivity index (χ1) is 10.2. The quantitative estimate of drug-likeness (QED) is 0.810. The Hall–Kier alpha value is -1.84. The number of carboxylic acids is 1. The van der Waals surface area contributed by atoms with Gasteiger partial charge in [-0.1, -0.05) is 45.0 Å². The van der Waals surface area contributed by atoms with Crippen molar-refractivity contribution in [3.8, 4) is 0 Å². The maximum Gasteiger partial charge on any atom is 0.308 e. The predicted octanol–water partition coefficient (Wildman–Crippen LogP) is 3.53. The van der Waals surface area contributed by atoms with Gasteiger partial charge in [0, 0.05) is 12.5 Å². The van der Waals surface area contributed by atoms with E-state index < -0.39 is 11.9 Å². The van der Waals surface area contributed by atoms with Crippen molar-refractivity contribution < 1.29 is 14.7 Å². The highest BCUT2D eigenvalue weighted by Crippen LogP contribution is 2.22. The van der Waals surface area contributed by atoms with Crippen molar-refractivity contribution >= 4 is 11.9 Å². The van der Waals surface area contributed by atoms with Crippen LogP contribution >= 0.6 is 0 Å². The fraction of sp³-hybridized carbons (Fsp3) is 0.556. The summed E-state index contributed by atoms with van der Waals surface area (Å²) in [6, 6.07) is 7.96. The molecule has 0 aliphatic heterocycles. The Morgan fingerprint density at radius 2 is 1.50 bits per heavy atom. The highest BCUT2D eigenvalue weighted by atomic mass is 16.4. The van der Waals surface area contributed by atoms with Gasteiger partial charge < -0.3 is 10.4 Å². The van der Waals surface area contributed by atoms with Gasteiger partial charge in [-0.05, 0) is 36.8 Å². The maximum atomic E-state index is 12.0. The van der Waals surface area contributed by atoms with E-state index in [-0.39, 0.29) is 17.9 Å².